The Morgan fingerprint density at radius 2 is 2.00 bits per heavy atom. The van der Waals surface area contributed by atoms with E-state index in [9.17, 15) is 9.59 Å². The van der Waals surface area contributed by atoms with Crippen LogP contribution < -0.4 is 10.6 Å². The largest absolute Gasteiger partial charge is 0.478 e. The van der Waals surface area contributed by atoms with Crippen LogP contribution in [0.1, 0.15) is 23.2 Å². The van der Waals surface area contributed by atoms with E-state index in [1.54, 1.807) is 0 Å². The highest BCUT2D eigenvalue weighted by atomic mass is 35.5. The zero-order valence-electron chi connectivity index (χ0n) is 10.7. The van der Waals surface area contributed by atoms with Crippen LogP contribution in [0, 0.1) is 0 Å². The second-order valence-electron chi connectivity index (χ2n) is 4.48. The number of carbonyl (C=O) groups is 2. The average molecular weight is 315 g/mol. The van der Waals surface area contributed by atoms with Gasteiger partial charge in [-0.05, 0) is 42.5 Å². The van der Waals surface area contributed by atoms with E-state index in [1.165, 1.54) is 18.2 Å². The van der Waals surface area contributed by atoms with Gasteiger partial charge in [0.1, 0.15) is 0 Å². The maximum atomic E-state index is 11.9. The predicted octanol–water partition coefficient (Wildman–Crippen LogP) is 3.06. The summed E-state index contributed by atoms with van der Waals surface area (Å²) in [5.74, 6) is 0.955. The van der Waals surface area contributed by atoms with Crippen LogP contribution in [0.5, 0.6) is 0 Å². The zero-order chi connectivity index (χ0) is 14.5. The highest BCUT2D eigenvalue weighted by Gasteiger charge is 2.18. The third-order valence-corrected chi connectivity index (χ3v) is 4.30. The van der Waals surface area contributed by atoms with Crippen molar-refractivity contribution in [1.82, 2.24) is 5.32 Å². The second kappa shape index (κ2) is 6.85. The molecule has 0 aromatic heterocycles. The molecule has 1 fully saturated rings. The number of hydrogen-bond acceptors (Lipinski definition) is 3. The first-order chi connectivity index (χ1) is 9.56. The summed E-state index contributed by atoms with van der Waals surface area (Å²) in [6.45, 7) is 0. The van der Waals surface area contributed by atoms with E-state index >= 15 is 0 Å². The van der Waals surface area contributed by atoms with Gasteiger partial charge in [0.25, 0.3) is 0 Å². The topological polar surface area (TPSA) is 78.4 Å². The van der Waals surface area contributed by atoms with Crippen LogP contribution in [-0.2, 0) is 0 Å². The van der Waals surface area contributed by atoms with E-state index in [2.05, 4.69) is 10.6 Å². The van der Waals surface area contributed by atoms with Crippen LogP contribution in [0.25, 0.3) is 0 Å². The van der Waals surface area contributed by atoms with Crippen molar-refractivity contribution in [3.63, 3.8) is 0 Å². The SMILES string of the molecule is O=C(Nc1cc(Cl)ccc1C(=O)O)NC1CCSCC1. The number of rotatable bonds is 3. The number of carboxylic acids is 1. The van der Waals surface area contributed by atoms with Gasteiger partial charge in [-0.15, -0.1) is 0 Å². The van der Waals surface area contributed by atoms with Crippen LogP contribution in [0.4, 0.5) is 10.5 Å². The monoisotopic (exact) mass is 314 g/mol. The molecule has 1 heterocycles. The number of urea groups is 1. The molecule has 2 rings (SSSR count). The highest BCUT2D eigenvalue weighted by molar-refractivity contribution is 7.99. The fourth-order valence-electron chi connectivity index (χ4n) is 1.99. The van der Waals surface area contributed by atoms with Crippen molar-refractivity contribution < 1.29 is 14.7 Å². The number of hydrogen-bond donors (Lipinski definition) is 3. The van der Waals surface area contributed by atoms with Gasteiger partial charge in [0.05, 0.1) is 11.3 Å². The molecule has 1 aliphatic heterocycles. The van der Waals surface area contributed by atoms with Crippen molar-refractivity contribution in [1.29, 1.82) is 0 Å². The Morgan fingerprint density at radius 3 is 2.65 bits per heavy atom. The van der Waals surface area contributed by atoms with Crippen LogP contribution in [-0.4, -0.2) is 34.7 Å². The molecule has 7 heteroatoms. The van der Waals surface area contributed by atoms with Crippen molar-refractivity contribution in [3.05, 3.63) is 28.8 Å². The molecule has 1 aromatic carbocycles. The van der Waals surface area contributed by atoms with E-state index in [0.717, 1.165) is 24.3 Å². The van der Waals surface area contributed by atoms with E-state index in [0.29, 0.717) is 5.02 Å². The fraction of sp³-hybridized carbons (Fsp3) is 0.385. The number of aromatic carboxylic acids is 1. The predicted molar refractivity (Wildman–Crippen MR) is 80.9 cm³/mol. The molecule has 0 bridgehead atoms. The van der Waals surface area contributed by atoms with Crippen molar-refractivity contribution in [3.8, 4) is 0 Å². The van der Waals surface area contributed by atoms with Gasteiger partial charge >= 0.3 is 12.0 Å². The molecule has 0 radical (unpaired) electrons. The molecular formula is C13H15ClN2O3S. The summed E-state index contributed by atoms with van der Waals surface area (Å²) in [6.07, 6.45) is 1.86. The summed E-state index contributed by atoms with van der Waals surface area (Å²) in [5.41, 5.74) is 0.219. The van der Waals surface area contributed by atoms with E-state index in [-0.39, 0.29) is 17.3 Å². The van der Waals surface area contributed by atoms with Crippen LogP contribution >= 0.6 is 23.4 Å². The molecule has 0 atom stereocenters. The van der Waals surface area contributed by atoms with Gasteiger partial charge in [-0.1, -0.05) is 11.6 Å². The standard InChI is InChI=1S/C13H15ClN2O3S/c14-8-1-2-10(12(17)18)11(7-8)16-13(19)15-9-3-5-20-6-4-9/h1-2,7,9H,3-6H2,(H,17,18)(H2,15,16,19). The molecule has 0 unspecified atom stereocenters. The third kappa shape index (κ3) is 4.05. The molecule has 2 amide bonds. The molecule has 0 spiro atoms. The van der Waals surface area contributed by atoms with Gasteiger partial charge in [-0.2, -0.15) is 11.8 Å². The van der Waals surface area contributed by atoms with Crippen LogP contribution in [0.3, 0.4) is 0 Å². The molecule has 3 N–H and O–H groups in total. The summed E-state index contributed by atoms with van der Waals surface area (Å²) in [7, 11) is 0. The Bertz CT molecular complexity index is 518. The number of thioether (sulfide) groups is 1. The highest BCUT2D eigenvalue weighted by Crippen LogP contribution is 2.21. The first kappa shape index (κ1) is 15.0. The minimum Gasteiger partial charge on any atom is -0.478 e. The van der Waals surface area contributed by atoms with Crippen LogP contribution in [0.2, 0.25) is 5.02 Å². The molecule has 20 heavy (non-hydrogen) atoms. The van der Waals surface area contributed by atoms with Crippen molar-refractivity contribution in [2.75, 3.05) is 16.8 Å². The Labute approximate surface area is 126 Å². The maximum Gasteiger partial charge on any atom is 0.337 e. The summed E-state index contributed by atoms with van der Waals surface area (Å²) in [5, 5.41) is 14.9. The Hall–Kier alpha value is -1.40. The number of halogens is 1. The van der Waals surface area contributed by atoms with Gasteiger partial charge in [0.15, 0.2) is 0 Å². The number of carbonyl (C=O) groups excluding carboxylic acids is 1. The quantitative estimate of drug-likeness (QED) is 0.801. The third-order valence-electron chi connectivity index (χ3n) is 3.02. The van der Waals surface area contributed by atoms with Crippen molar-refractivity contribution in [2.24, 2.45) is 0 Å². The summed E-state index contributed by atoms with van der Waals surface area (Å²) >= 11 is 7.70. The molecule has 1 saturated heterocycles. The fourth-order valence-corrected chi connectivity index (χ4v) is 3.27. The number of amides is 2. The normalized spacial score (nSPS) is 15.7. The number of carboxylic acid groups (broad SMARTS) is 1. The molecule has 0 saturated carbocycles. The van der Waals surface area contributed by atoms with Gasteiger partial charge in [-0.25, -0.2) is 9.59 Å². The molecular weight excluding hydrogens is 300 g/mol. The molecule has 108 valence electrons. The Kier molecular flexibility index (Phi) is 5.14. The Morgan fingerprint density at radius 1 is 1.30 bits per heavy atom. The molecule has 1 aromatic rings. The van der Waals surface area contributed by atoms with Gasteiger partial charge in [0, 0.05) is 11.1 Å². The van der Waals surface area contributed by atoms with E-state index in [1.807, 2.05) is 11.8 Å². The smallest absolute Gasteiger partial charge is 0.337 e. The number of benzene rings is 1. The van der Waals surface area contributed by atoms with Gasteiger partial charge < -0.3 is 15.7 Å². The zero-order valence-corrected chi connectivity index (χ0v) is 12.3. The lowest BCUT2D eigenvalue weighted by atomic mass is 10.1. The first-order valence-corrected chi connectivity index (χ1v) is 7.77. The lowest BCUT2D eigenvalue weighted by molar-refractivity contribution is 0.0698. The maximum absolute atomic E-state index is 11.9. The Balaban J connectivity index is 2.03. The first-order valence-electron chi connectivity index (χ1n) is 6.24. The molecule has 0 aliphatic carbocycles. The summed E-state index contributed by atoms with van der Waals surface area (Å²) in [6, 6.07) is 4.03. The number of anilines is 1. The van der Waals surface area contributed by atoms with Gasteiger partial charge in [0.2, 0.25) is 0 Å². The van der Waals surface area contributed by atoms with Crippen molar-refractivity contribution >= 4 is 41.1 Å². The molecule has 5 nitrogen and oxygen atoms in total. The second-order valence-corrected chi connectivity index (χ2v) is 6.14. The van der Waals surface area contributed by atoms with Gasteiger partial charge in [-0.3, -0.25) is 0 Å². The lowest BCUT2D eigenvalue weighted by Crippen LogP contribution is -2.40. The minimum absolute atomic E-state index is 0.0174. The molecule has 1 aliphatic rings. The number of nitrogens with one attached hydrogen (secondary N) is 2. The minimum atomic E-state index is -1.11. The summed E-state index contributed by atoms with van der Waals surface area (Å²) < 4.78 is 0. The lowest BCUT2D eigenvalue weighted by Gasteiger charge is -2.22. The van der Waals surface area contributed by atoms with E-state index in [4.69, 9.17) is 16.7 Å². The average Bonchev–Trinajstić information content (AvgIpc) is 2.39. The van der Waals surface area contributed by atoms with E-state index < -0.39 is 12.0 Å². The summed E-state index contributed by atoms with van der Waals surface area (Å²) in [4.78, 5) is 23.0. The van der Waals surface area contributed by atoms with Crippen LogP contribution in [0.15, 0.2) is 18.2 Å². The van der Waals surface area contributed by atoms with Crippen molar-refractivity contribution in [2.45, 2.75) is 18.9 Å².